The summed E-state index contributed by atoms with van der Waals surface area (Å²) in [6.07, 6.45) is 21.3. The molecule has 0 fully saturated rings. The number of fused-ring (bicyclic) bond motifs is 8. The average molecular weight is 1980 g/mol. The lowest BCUT2D eigenvalue weighted by atomic mass is 10.1. The van der Waals surface area contributed by atoms with Crippen molar-refractivity contribution in [1.82, 2.24) is 53.2 Å². The number of hydrogen-bond acceptors (Lipinski definition) is 12. The minimum Gasteiger partial charge on any atom is -0.497 e. The van der Waals surface area contributed by atoms with E-state index in [1.807, 2.05) is 427 Å². The van der Waals surface area contributed by atoms with Crippen LogP contribution >= 0.6 is 22.7 Å². The van der Waals surface area contributed by atoms with Gasteiger partial charge in [-0.2, -0.15) is 0 Å². The Kier molecular flexibility index (Phi) is 28.3. The number of hydrogen-bond donors (Lipinski definition) is 2. The van der Waals surface area contributed by atoms with Gasteiger partial charge in [-0.15, -0.1) is 22.7 Å². The molecule has 150 heavy (non-hydrogen) atoms. The summed E-state index contributed by atoms with van der Waals surface area (Å²) >= 11 is 3.23. The van der Waals surface area contributed by atoms with Crippen LogP contribution in [0.1, 0.15) is 111 Å². The highest BCUT2D eigenvalue weighted by Crippen LogP contribution is 2.32. The summed E-state index contributed by atoms with van der Waals surface area (Å²) in [6, 6.07) is 120. The van der Waals surface area contributed by atoms with Crippen molar-refractivity contribution in [3.8, 4) is 75.9 Å². The first-order valence-corrected chi connectivity index (χ1v) is 50.4. The van der Waals surface area contributed by atoms with Gasteiger partial charge in [-0.1, -0.05) is 223 Å². The summed E-state index contributed by atoms with van der Waals surface area (Å²) < 4.78 is 12.2. The lowest BCUT2D eigenvalue weighted by molar-refractivity contribution is 0.415. The van der Waals surface area contributed by atoms with Crippen LogP contribution in [-0.4, -0.2) is 60.3 Å². The fourth-order valence-electron chi connectivity index (χ4n) is 18.0. The minimum atomic E-state index is -0.114. The molecule has 9 aromatic heterocycles. The summed E-state index contributed by atoms with van der Waals surface area (Å²) in [6.45, 7) is 7.99. The van der Waals surface area contributed by atoms with Gasteiger partial charge in [0.2, 0.25) is 0 Å². The number of pyridine rings is 1. The molecule has 0 saturated carbocycles. The van der Waals surface area contributed by atoms with E-state index in [9.17, 15) is 19.2 Å². The molecule has 0 atom stereocenters. The van der Waals surface area contributed by atoms with Crippen molar-refractivity contribution in [3.05, 3.63) is 552 Å². The lowest BCUT2D eigenvalue weighted by Crippen LogP contribution is -2.23. The number of benzene rings is 15. The Hall–Kier alpha value is -20.0. The molecule has 0 unspecified atom stereocenters. The molecule has 18 heteroatoms. The fraction of sp³-hybridized carbons (Fsp3) is 0.0379. The number of para-hydroxylation sites is 5. The van der Waals surface area contributed by atoms with Gasteiger partial charge >= 0.3 is 0 Å². The molecule has 24 rings (SSSR count). The third kappa shape index (κ3) is 21.5. The second-order valence-corrected chi connectivity index (χ2v) is 37.4. The fourth-order valence-corrected chi connectivity index (χ4v) is 19.2. The van der Waals surface area contributed by atoms with E-state index in [0.29, 0.717) is 66.9 Å². The van der Waals surface area contributed by atoms with Crippen LogP contribution in [0.3, 0.4) is 0 Å². The quantitative estimate of drug-likeness (QED) is 0.105. The monoisotopic (exact) mass is 1970 g/mol. The zero-order chi connectivity index (χ0) is 102. The van der Waals surface area contributed by atoms with E-state index in [2.05, 4.69) is 105 Å². The molecular formula is C132H91N11O5S2. The zero-order valence-electron chi connectivity index (χ0n) is 82.1. The van der Waals surface area contributed by atoms with Gasteiger partial charge in [-0.3, -0.25) is 42.4 Å². The second-order valence-electron chi connectivity index (χ2n) is 35.5. The summed E-state index contributed by atoms with van der Waals surface area (Å²) in [5.74, 6) is 28.8. The molecule has 2 N–H and O–H groups in total. The molecule has 9 heterocycles. The number of methoxy groups -OCH3 is 1. The number of H-pyrrole nitrogens is 2. The third-order valence-electron chi connectivity index (χ3n) is 25.5. The van der Waals surface area contributed by atoms with Gasteiger partial charge in [0.1, 0.15) is 29.0 Å². The number of aromatic nitrogens is 11. The second kappa shape index (κ2) is 44.1. The molecule has 24 aromatic rings. The van der Waals surface area contributed by atoms with E-state index in [-0.39, 0.29) is 22.2 Å². The molecule has 0 aliphatic heterocycles. The maximum Gasteiger partial charge on any atom is 0.266 e. The summed E-state index contributed by atoms with van der Waals surface area (Å²) in [5.41, 5.74) is 21.7. The third-order valence-corrected chi connectivity index (χ3v) is 27.1. The van der Waals surface area contributed by atoms with Crippen molar-refractivity contribution < 1.29 is 4.74 Å². The summed E-state index contributed by atoms with van der Waals surface area (Å²) in [7, 11) is 1.66. The van der Waals surface area contributed by atoms with Crippen LogP contribution < -0.4 is 27.0 Å². The molecule has 0 amide bonds. The molecule has 716 valence electrons. The number of rotatable bonds is 13. The van der Waals surface area contributed by atoms with Crippen molar-refractivity contribution in [2.75, 3.05) is 7.11 Å². The molecule has 0 radical (unpaired) electrons. The van der Waals surface area contributed by atoms with Gasteiger partial charge in [0, 0.05) is 84.7 Å². The molecule has 0 spiro atoms. The van der Waals surface area contributed by atoms with Crippen molar-refractivity contribution in [1.29, 1.82) is 0 Å². The number of aryl methyl sites for hydroxylation is 4. The highest BCUT2D eigenvalue weighted by Gasteiger charge is 2.21. The predicted molar refractivity (Wildman–Crippen MR) is 618 cm³/mol. The zero-order valence-corrected chi connectivity index (χ0v) is 83.7. The van der Waals surface area contributed by atoms with E-state index in [1.165, 1.54) is 10.8 Å². The van der Waals surface area contributed by atoms with Crippen molar-refractivity contribution in [3.63, 3.8) is 0 Å². The molecular weight excluding hydrogens is 1880 g/mol. The Balaban J connectivity index is 0.000000117. The van der Waals surface area contributed by atoms with Crippen molar-refractivity contribution in [2.45, 2.75) is 27.7 Å². The number of thiophene rings is 2. The SMILES string of the molecule is COc1ccc2[nH]cc(/C=C/c3nc4ccccc4c(=O)n3-c3ccc(C#Cc4cccs4)cc3C)c2c1.Cc1cc(C#Cc2ccccc2)ccc1-n1c(/C=C/c2ccc3ccccc3c2)nc2ccccc2c1=O.Cc1cc(C#Cc2ccccc2)ccc1-n1c(/C=C/c2ccc3ncccc3c2)nc2ccccc2c1=O.Cc1cc(C#Cc2cccs2)ccc1-n1c(/C=C/c2c[nH]c3ccccc23)nc2ccccc2c1=O. The van der Waals surface area contributed by atoms with E-state index in [4.69, 9.17) is 24.7 Å². The number of nitrogens with zero attached hydrogens (tertiary/aromatic N) is 9. The van der Waals surface area contributed by atoms with Crippen LogP contribution in [-0.2, 0) is 0 Å². The van der Waals surface area contributed by atoms with Crippen LogP contribution in [0.2, 0.25) is 0 Å². The standard InChI is InChI=1S/C35H24N2O.C34H23N3O.C32H23N3O2S.C31H21N3OS/c1-25-23-27(16-15-26-9-3-2-4-10-26)18-21-33(25)37-34(36-32-14-8-7-13-31(32)35(37)38)22-19-28-17-20-29-11-5-6-12-30(29)24-28;1-24-22-26(14-13-25-8-3-2-4-9-25)16-19-32(24)37-33(36-31-12-6-5-11-29(31)34(37)38)20-17-27-15-18-30-28(23-27)10-7-21-35-30;1-21-18-22(9-13-25-6-5-17-38-25)10-15-30(21)35-31(34-29-8-4-3-7-26(29)32(35)36)16-11-23-20-33-28-14-12-24(37-2)19-27(23)28;1-21-19-22(12-15-24-7-6-18-36-24)13-16-29(21)34-30(33-28-11-5-3-9-26(28)31(34)35)17-14-23-20-32-27-10-4-2-8-25(23)27/h2-14,17-24H,1H3;2-12,15-23H,1H3;3-8,10-12,14-20,33H,1-2H3;2-11,13-14,16-20,32H,1H3/b22-19+;20-17+;16-11+;17-14+. The number of aromatic amines is 2. The molecule has 0 aliphatic carbocycles. The molecule has 0 saturated heterocycles. The van der Waals surface area contributed by atoms with Gasteiger partial charge in [0.05, 0.1) is 88.7 Å². The van der Waals surface area contributed by atoms with Gasteiger partial charge in [0.15, 0.2) is 0 Å². The Labute approximate surface area is 872 Å². The van der Waals surface area contributed by atoms with Crippen LogP contribution in [0.25, 0.3) is 158 Å². The molecule has 15 aromatic carbocycles. The highest BCUT2D eigenvalue weighted by atomic mass is 32.1. The topological polar surface area (TPSA) is 193 Å². The van der Waals surface area contributed by atoms with E-state index in [0.717, 1.165) is 149 Å². The van der Waals surface area contributed by atoms with Gasteiger partial charge in [-0.05, 0) is 331 Å². The van der Waals surface area contributed by atoms with Crippen molar-refractivity contribution >= 4 is 158 Å². The summed E-state index contributed by atoms with van der Waals surface area (Å²) in [5, 5.41) is 11.9. The maximum atomic E-state index is 13.8. The van der Waals surface area contributed by atoms with Gasteiger partial charge in [0.25, 0.3) is 22.2 Å². The van der Waals surface area contributed by atoms with Gasteiger partial charge < -0.3 is 14.7 Å². The van der Waals surface area contributed by atoms with Crippen LogP contribution in [0.15, 0.2) is 419 Å². The lowest BCUT2D eigenvalue weighted by Gasteiger charge is -2.14. The maximum absolute atomic E-state index is 13.8. The predicted octanol–water partition coefficient (Wildman–Crippen LogP) is 27.9. The highest BCUT2D eigenvalue weighted by molar-refractivity contribution is 7.10. The smallest absolute Gasteiger partial charge is 0.266 e. The Morgan fingerprint density at radius 3 is 1.05 bits per heavy atom. The van der Waals surface area contributed by atoms with E-state index >= 15 is 0 Å². The first-order chi connectivity index (χ1) is 73.6. The van der Waals surface area contributed by atoms with E-state index < -0.39 is 0 Å². The van der Waals surface area contributed by atoms with Crippen molar-refractivity contribution in [2.24, 2.45) is 0 Å². The van der Waals surface area contributed by atoms with Crippen LogP contribution in [0, 0.1) is 75.1 Å². The minimum absolute atomic E-state index is 0.0972. The van der Waals surface area contributed by atoms with Crippen LogP contribution in [0.5, 0.6) is 5.75 Å². The molecule has 0 aliphatic rings. The number of ether oxygens (including phenoxy) is 1. The first kappa shape index (κ1) is 96.2. The summed E-state index contributed by atoms with van der Waals surface area (Å²) in [4.78, 5) is 87.5. The Morgan fingerprint density at radius 1 is 0.273 bits per heavy atom. The normalized spacial score (nSPS) is 11.2. The largest absolute Gasteiger partial charge is 0.497 e. The van der Waals surface area contributed by atoms with Gasteiger partial charge in [-0.25, -0.2) is 19.9 Å². The average Bonchev–Trinajstić information content (AvgIpc) is 0.793. The first-order valence-electron chi connectivity index (χ1n) is 48.6. The van der Waals surface area contributed by atoms with E-state index in [1.54, 1.807) is 54.2 Å². The Morgan fingerprint density at radius 2 is 0.627 bits per heavy atom. The molecule has 0 bridgehead atoms. The molecule has 16 nitrogen and oxygen atoms in total. The Bertz CT molecular complexity index is 9740. The number of nitrogens with one attached hydrogen (secondary N) is 2. The van der Waals surface area contributed by atoms with Crippen LogP contribution in [0.4, 0.5) is 0 Å².